The zero-order valence-corrected chi connectivity index (χ0v) is 18.7. The molecule has 0 atom stereocenters. The highest BCUT2D eigenvalue weighted by Gasteiger charge is 2.31. The average molecular weight is 496 g/mol. The van der Waals surface area contributed by atoms with E-state index in [9.17, 15) is 22.8 Å². The maximum atomic E-state index is 13.1. The van der Waals surface area contributed by atoms with Gasteiger partial charge in [-0.3, -0.25) is 9.59 Å². The Morgan fingerprint density at radius 1 is 0.944 bits per heavy atom. The minimum absolute atomic E-state index is 0.109. The van der Waals surface area contributed by atoms with Gasteiger partial charge in [-0.15, -0.1) is 13.2 Å². The third kappa shape index (κ3) is 5.12. The van der Waals surface area contributed by atoms with Crippen LogP contribution >= 0.6 is 0 Å². The van der Waals surface area contributed by atoms with E-state index in [0.717, 1.165) is 5.56 Å². The summed E-state index contributed by atoms with van der Waals surface area (Å²) < 4.78 is 53.0. The van der Waals surface area contributed by atoms with Gasteiger partial charge in [0.2, 0.25) is 12.7 Å². The molecular formula is C26H19F3N2O5. The topological polar surface area (TPSA) is 78.8 Å². The number of alkyl halides is 3. The molecule has 1 amide bonds. The number of carbonyl (C=O) groups excluding carboxylic acids is 1. The molecule has 1 aromatic heterocycles. The molecule has 0 saturated carbocycles. The van der Waals surface area contributed by atoms with E-state index in [4.69, 9.17) is 9.47 Å². The first-order valence-corrected chi connectivity index (χ1v) is 10.9. The Hall–Kier alpha value is -4.47. The van der Waals surface area contributed by atoms with Gasteiger partial charge in [0.15, 0.2) is 11.5 Å². The lowest BCUT2D eigenvalue weighted by molar-refractivity contribution is -0.274. The Labute approximate surface area is 202 Å². The number of pyridine rings is 1. The fourth-order valence-corrected chi connectivity index (χ4v) is 3.98. The van der Waals surface area contributed by atoms with Crippen molar-refractivity contribution in [1.29, 1.82) is 0 Å². The molecule has 7 nitrogen and oxygen atoms in total. The molecule has 0 unspecified atom stereocenters. The molecule has 3 aromatic carbocycles. The van der Waals surface area contributed by atoms with Crippen molar-refractivity contribution in [3.8, 4) is 17.2 Å². The smallest absolute Gasteiger partial charge is 0.454 e. The Kier molecular flexibility index (Phi) is 6.01. The van der Waals surface area contributed by atoms with Crippen LogP contribution in [-0.4, -0.2) is 23.6 Å². The van der Waals surface area contributed by atoms with Crippen LogP contribution in [0.4, 0.5) is 18.9 Å². The molecule has 0 radical (unpaired) electrons. The molecule has 0 spiro atoms. The third-order valence-electron chi connectivity index (χ3n) is 5.60. The third-order valence-corrected chi connectivity index (χ3v) is 5.60. The maximum Gasteiger partial charge on any atom is 0.573 e. The van der Waals surface area contributed by atoms with Crippen molar-refractivity contribution in [2.75, 3.05) is 12.1 Å². The molecule has 2 heterocycles. The van der Waals surface area contributed by atoms with Gasteiger partial charge in [-0.1, -0.05) is 24.3 Å². The Morgan fingerprint density at radius 3 is 2.47 bits per heavy atom. The number of ether oxygens (including phenoxy) is 3. The van der Waals surface area contributed by atoms with Crippen LogP contribution in [0, 0.1) is 0 Å². The monoisotopic (exact) mass is 496 g/mol. The summed E-state index contributed by atoms with van der Waals surface area (Å²) in [5.74, 6) is 0.633. The summed E-state index contributed by atoms with van der Waals surface area (Å²) in [6.07, 6.45) is -3.08. The first-order chi connectivity index (χ1) is 17.2. The zero-order valence-electron chi connectivity index (χ0n) is 18.7. The second kappa shape index (κ2) is 9.29. The maximum absolute atomic E-state index is 13.1. The van der Waals surface area contributed by atoms with E-state index in [2.05, 4.69) is 10.1 Å². The molecular weight excluding hydrogens is 477 g/mol. The van der Waals surface area contributed by atoms with Crippen molar-refractivity contribution in [1.82, 2.24) is 4.57 Å². The van der Waals surface area contributed by atoms with Crippen molar-refractivity contribution >= 4 is 22.4 Å². The van der Waals surface area contributed by atoms with E-state index >= 15 is 0 Å². The Bertz CT molecular complexity index is 1500. The van der Waals surface area contributed by atoms with E-state index in [0.29, 0.717) is 33.5 Å². The predicted molar refractivity (Wildman–Crippen MR) is 125 cm³/mol. The van der Waals surface area contributed by atoms with Gasteiger partial charge in [0.1, 0.15) is 5.75 Å². The number of anilines is 1. The van der Waals surface area contributed by atoms with E-state index in [1.807, 2.05) is 0 Å². The van der Waals surface area contributed by atoms with Crippen LogP contribution in [-0.2, 0) is 17.8 Å². The molecule has 4 aromatic rings. The second-order valence-electron chi connectivity index (χ2n) is 8.12. The fourth-order valence-electron chi connectivity index (χ4n) is 3.98. The molecule has 1 aliphatic heterocycles. The lowest BCUT2D eigenvalue weighted by atomic mass is 10.1. The highest BCUT2D eigenvalue weighted by molar-refractivity contribution is 6.02. The summed E-state index contributed by atoms with van der Waals surface area (Å²) in [5, 5.41) is 3.83. The van der Waals surface area contributed by atoms with Crippen molar-refractivity contribution < 1.29 is 32.2 Å². The molecule has 184 valence electrons. The van der Waals surface area contributed by atoms with Crippen molar-refractivity contribution in [2.45, 2.75) is 19.3 Å². The molecule has 0 saturated heterocycles. The molecule has 0 bridgehead atoms. The number of nitrogens with one attached hydrogen (secondary N) is 1. The van der Waals surface area contributed by atoms with Crippen molar-refractivity contribution in [3.63, 3.8) is 0 Å². The van der Waals surface area contributed by atoms with Crippen molar-refractivity contribution in [3.05, 3.63) is 94.4 Å². The van der Waals surface area contributed by atoms with E-state index in [1.54, 1.807) is 48.7 Å². The van der Waals surface area contributed by atoms with Gasteiger partial charge >= 0.3 is 6.36 Å². The Morgan fingerprint density at radius 2 is 1.69 bits per heavy atom. The lowest BCUT2D eigenvalue weighted by Gasteiger charge is -2.12. The molecule has 36 heavy (non-hydrogen) atoms. The van der Waals surface area contributed by atoms with Crippen LogP contribution in [0.5, 0.6) is 17.2 Å². The van der Waals surface area contributed by atoms with Gasteiger partial charge in [-0.25, -0.2) is 0 Å². The van der Waals surface area contributed by atoms with Crippen molar-refractivity contribution in [2.24, 2.45) is 0 Å². The Balaban J connectivity index is 1.32. The largest absolute Gasteiger partial charge is 0.573 e. The van der Waals surface area contributed by atoms with Crippen LogP contribution < -0.4 is 25.1 Å². The van der Waals surface area contributed by atoms with Gasteiger partial charge in [0.25, 0.3) is 5.56 Å². The molecule has 0 aliphatic carbocycles. The number of hydrogen-bond donors (Lipinski definition) is 1. The van der Waals surface area contributed by atoms with Crippen LogP contribution in [0.3, 0.4) is 0 Å². The summed E-state index contributed by atoms with van der Waals surface area (Å²) in [6, 6.07) is 17.4. The van der Waals surface area contributed by atoms with Gasteiger partial charge in [-0.2, -0.15) is 0 Å². The van der Waals surface area contributed by atoms with Crippen LogP contribution in [0.15, 0.2) is 77.7 Å². The van der Waals surface area contributed by atoms with E-state index < -0.39 is 6.36 Å². The highest BCUT2D eigenvalue weighted by atomic mass is 19.4. The standard InChI is InChI=1S/C26H19F3N2O5/c27-26(28,29)36-18-7-4-16(5-8-18)14-31-11-10-19-20(25(31)33)2-1-3-21(19)30-24(32)13-17-6-9-22-23(12-17)35-15-34-22/h1-12H,13-15H2,(H,30,32). The number of rotatable bonds is 6. The molecule has 5 rings (SSSR count). The fraction of sp³-hybridized carbons (Fsp3) is 0.154. The molecule has 1 N–H and O–H groups in total. The summed E-state index contributed by atoms with van der Waals surface area (Å²) in [5.41, 5.74) is 1.58. The summed E-state index contributed by atoms with van der Waals surface area (Å²) in [6.45, 7) is 0.304. The van der Waals surface area contributed by atoms with Gasteiger partial charge in [0, 0.05) is 22.7 Å². The zero-order chi connectivity index (χ0) is 25.3. The molecule has 0 fully saturated rings. The van der Waals surface area contributed by atoms with E-state index in [-0.39, 0.29) is 37.0 Å². The van der Waals surface area contributed by atoms with Crippen LogP contribution in [0.25, 0.3) is 10.8 Å². The number of amides is 1. The summed E-state index contributed by atoms with van der Waals surface area (Å²) in [7, 11) is 0. The minimum atomic E-state index is -4.77. The number of hydrogen-bond acceptors (Lipinski definition) is 5. The first-order valence-electron chi connectivity index (χ1n) is 10.9. The predicted octanol–water partition coefficient (Wildman–Crippen LogP) is 4.86. The molecule has 10 heteroatoms. The van der Waals surface area contributed by atoms with Gasteiger partial charge in [0.05, 0.1) is 13.0 Å². The van der Waals surface area contributed by atoms with Gasteiger partial charge < -0.3 is 24.1 Å². The first kappa shape index (κ1) is 23.3. The van der Waals surface area contributed by atoms with Crippen LogP contribution in [0.1, 0.15) is 11.1 Å². The lowest BCUT2D eigenvalue weighted by Crippen LogP contribution is -2.21. The quantitative estimate of drug-likeness (QED) is 0.413. The van der Waals surface area contributed by atoms with E-state index in [1.165, 1.54) is 28.8 Å². The number of benzene rings is 3. The number of fused-ring (bicyclic) bond motifs is 2. The summed E-state index contributed by atoms with van der Waals surface area (Å²) in [4.78, 5) is 25.8. The SMILES string of the molecule is O=C(Cc1ccc2c(c1)OCO2)Nc1cccc2c(=O)n(Cc3ccc(OC(F)(F)F)cc3)ccc12. The number of nitrogens with zero attached hydrogens (tertiary/aromatic N) is 1. The van der Waals surface area contributed by atoms with Gasteiger partial charge in [-0.05, 0) is 53.6 Å². The number of halogens is 3. The summed E-state index contributed by atoms with van der Waals surface area (Å²) >= 11 is 0. The normalized spacial score (nSPS) is 12.5. The second-order valence-corrected chi connectivity index (χ2v) is 8.12. The van der Waals surface area contributed by atoms with Crippen LogP contribution in [0.2, 0.25) is 0 Å². The molecule has 1 aliphatic rings. The number of carbonyl (C=O) groups is 1. The highest BCUT2D eigenvalue weighted by Crippen LogP contribution is 2.32. The number of aromatic nitrogens is 1. The average Bonchev–Trinajstić information content (AvgIpc) is 3.29. The minimum Gasteiger partial charge on any atom is -0.454 e.